The van der Waals surface area contributed by atoms with Crippen LogP contribution in [-0.4, -0.2) is 12.1 Å². The lowest BCUT2D eigenvalue weighted by molar-refractivity contribution is -0.150. The molecule has 3 aliphatic carbocycles. The third-order valence-electron chi connectivity index (χ3n) is 6.27. The van der Waals surface area contributed by atoms with E-state index in [1.807, 2.05) is 0 Å². The van der Waals surface area contributed by atoms with Crippen molar-refractivity contribution in [3.05, 3.63) is 11.6 Å². The third kappa shape index (κ3) is 1.79. The van der Waals surface area contributed by atoms with Gasteiger partial charge in [-0.25, -0.2) is 0 Å². The van der Waals surface area contributed by atoms with Crippen LogP contribution in [0.3, 0.4) is 0 Å². The molecule has 19 heavy (non-hydrogen) atoms. The highest BCUT2D eigenvalue weighted by Crippen LogP contribution is 2.69. The van der Waals surface area contributed by atoms with Gasteiger partial charge in [0.05, 0.1) is 0 Å². The van der Waals surface area contributed by atoms with Gasteiger partial charge >= 0.3 is 0 Å². The smallest absolute Gasteiger partial charge is 0.293 e. The molecule has 0 aromatic heterocycles. The van der Waals surface area contributed by atoms with Crippen LogP contribution in [0.25, 0.3) is 0 Å². The lowest BCUT2D eigenvalue weighted by Gasteiger charge is -2.42. The lowest BCUT2D eigenvalue weighted by atomic mass is 9.65. The molecule has 0 spiro atoms. The Morgan fingerprint density at radius 1 is 1.37 bits per heavy atom. The van der Waals surface area contributed by atoms with Crippen LogP contribution in [0.4, 0.5) is 0 Å². The van der Waals surface area contributed by atoms with E-state index in [4.69, 9.17) is 4.74 Å². The predicted octanol–water partition coefficient (Wildman–Crippen LogP) is 4.10. The van der Waals surface area contributed by atoms with Crippen LogP contribution in [0.2, 0.25) is 0 Å². The maximum Gasteiger partial charge on any atom is 0.293 e. The first-order chi connectivity index (χ1) is 9.04. The van der Waals surface area contributed by atoms with Crippen molar-refractivity contribution < 1.29 is 9.53 Å². The van der Waals surface area contributed by atoms with Gasteiger partial charge in [-0.3, -0.25) is 4.79 Å². The first-order valence-electron chi connectivity index (χ1n) is 7.84. The van der Waals surface area contributed by atoms with Crippen LogP contribution >= 0.6 is 0 Å². The molecule has 3 saturated carbocycles. The zero-order valence-corrected chi connectivity index (χ0v) is 12.4. The molecule has 2 bridgehead atoms. The van der Waals surface area contributed by atoms with Gasteiger partial charge in [-0.2, -0.15) is 0 Å². The van der Waals surface area contributed by atoms with E-state index in [1.54, 1.807) is 0 Å². The highest BCUT2D eigenvalue weighted by atomic mass is 16.5. The number of rotatable bonds is 4. The maximum absolute atomic E-state index is 11.0. The molecule has 0 aliphatic heterocycles. The minimum Gasteiger partial charge on any atom is -0.461 e. The Bertz CT molecular complexity index is 413. The summed E-state index contributed by atoms with van der Waals surface area (Å²) in [6.45, 7) is 7.55. The van der Waals surface area contributed by atoms with Crippen molar-refractivity contribution in [3.63, 3.8) is 0 Å². The molecule has 2 nitrogen and oxygen atoms in total. The monoisotopic (exact) mass is 262 g/mol. The molecule has 0 aromatic rings. The van der Waals surface area contributed by atoms with E-state index in [2.05, 4.69) is 26.8 Å². The van der Waals surface area contributed by atoms with E-state index in [9.17, 15) is 4.79 Å². The van der Waals surface area contributed by atoms with E-state index >= 15 is 0 Å². The van der Waals surface area contributed by atoms with Gasteiger partial charge in [-0.1, -0.05) is 31.9 Å². The molecule has 0 N–H and O–H groups in total. The van der Waals surface area contributed by atoms with Crippen LogP contribution in [0.5, 0.6) is 0 Å². The summed E-state index contributed by atoms with van der Waals surface area (Å²) in [7, 11) is 0. The maximum atomic E-state index is 11.0. The van der Waals surface area contributed by atoms with Crippen molar-refractivity contribution in [1.82, 2.24) is 0 Å². The Hall–Kier alpha value is -0.790. The average Bonchev–Trinajstić information content (AvgIpc) is 2.99. The molecular formula is C17H26O2. The van der Waals surface area contributed by atoms with Gasteiger partial charge in [0.15, 0.2) is 0 Å². The topological polar surface area (TPSA) is 26.3 Å². The molecule has 3 fully saturated rings. The summed E-state index contributed by atoms with van der Waals surface area (Å²) in [5, 5.41) is 0. The van der Waals surface area contributed by atoms with Crippen molar-refractivity contribution in [1.29, 1.82) is 0 Å². The zero-order chi connectivity index (χ0) is 13.7. The molecule has 0 radical (unpaired) electrons. The van der Waals surface area contributed by atoms with Gasteiger partial charge in [-0.15, -0.1) is 0 Å². The molecule has 5 atom stereocenters. The van der Waals surface area contributed by atoms with Crippen LogP contribution < -0.4 is 0 Å². The van der Waals surface area contributed by atoms with E-state index < -0.39 is 0 Å². The molecular weight excluding hydrogens is 236 g/mol. The highest BCUT2D eigenvalue weighted by Gasteiger charge is 2.67. The van der Waals surface area contributed by atoms with E-state index in [0.29, 0.717) is 12.4 Å². The van der Waals surface area contributed by atoms with E-state index in [-0.39, 0.29) is 11.0 Å². The first-order valence-corrected chi connectivity index (χ1v) is 7.84. The second kappa shape index (κ2) is 4.36. The van der Waals surface area contributed by atoms with Crippen LogP contribution in [-0.2, 0) is 9.53 Å². The Morgan fingerprint density at radius 2 is 2.16 bits per heavy atom. The fraction of sp³-hybridized carbons (Fsp3) is 0.824. The van der Waals surface area contributed by atoms with Gasteiger partial charge in [0.1, 0.15) is 5.60 Å². The SMILES string of the molecule is CC/C(C)=C\C1(C)CC2(OC=O)CC1C1CCCC12. The van der Waals surface area contributed by atoms with Crippen molar-refractivity contribution in [2.24, 2.45) is 23.2 Å². The number of carbonyl (C=O) groups is 1. The largest absolute Gasteiger partial charge is 0.461 e. The van der Waals surface area contributed by atoms with Gasteiger partial charge in [0, 0.05) is 5.92 Å². The number of hydrogen-bond acceptors (Lipinski definition) is 2. The summed E-state index contributed by atoms with van der Waals surface area (Å²) in [5.74, 6) is 2.16. The Morgan fingerprint density at radius 3 is 2.84 bits per heavy atom. The first kappa shape index (κ1) is 13.2. The number of ether oxygens (including phenoxy) is 1. The zero-order valence-electron chi connectivity index (χ0n) is 12.4. The Balaban J connectivity index is 1.94. The minimum absolute atomic E-state index is 0.132. The summed E-state index contributed by atoms with van der Waals surface area (Å²) in [4.78, 5) is 11.0. The molecule has 3 aliphatic rings. The summed E-state index contributed by atoms with van der Waals surface area (Å²) in [5.41, 5.74) is 1.59. The summed E-state index contributed by atoms with van der Waals surface area (Å²) in [6.07, 6.45) is 9.69. The molecule has 0 heterocycles. The molecule has 2 heteroatoms. The number of allylic oxidation sites excluding steroid dienone is 2. The number of fused-ring (bicyclic) bond motifs is 5. The van der Waals surface area contributed by atoms with Gasteiger partial charge in [0.2, 0.25) is 0 Å². The van der Waals surface area contributed by atoms with Crippen molar-refractivity contribution >= 4 is 6.47 Å². The normalized spacial score (nSPS) is 48.4. The quantitative estimate of drug-likeness (QED) is 0.563. The Kier molecular flexibility index (Phi) is 3.03. The number of carbonyl (C=O) groups excluding carboxylic acids is 1. The predicted molar refractivity (Wildman–Crippen MR) is 75.6 cm³/mol. The fourth-order valence-corrected chi connectivity index (χ4v) is 5.60. The molecule has 0 aromatic carbocycles. The van der Waals surface area contributed by atoms with Crippen molar-refractivity contribution in [3.8, 4) is 0 Å². The van der Waals surface area contributed by atoms with Crippen molar-refractivity contribution in [2.45, 2.75) is 64.9 Å². The highest BCUT2D eigenvalue weighted by molar-refractivity contribution is 5.40. The molecule has 5 unspecified atom stereocenters. The van der Waals surface area contributed by atoms with Crippen LogP contribution in [0.15, 0.2) is 11.6 Å². The Labute approximate surface area is 116 Å². The number of hydrogen-bond donors (Lipinski definition) is 0. The molecule has 0 amide bonds. The van der Waals surface area contributed by atoms with E-state index in [0.717, 1.165) is 31.1 Å². The summed E-state index contributed by atoms with van der Waals surface area (Å²) in [6, 6.07) is 0. The van der Waals surface area contributed by atoms with Gasteiger partial charge in [0.25, 0.3) is 6.47 Å². The average molecular weight is 262 g/mol. The minimum atomic E-state index is -0.132. The second-order valence-corrected chi connectivity index (χ2v) is 7.32. The van der Waals surface area contributed by atoms with Crippen LogP contribution in [0.1, 0.15) is 59.3 Å². The van der Waals surface area contributed by atoms with Crippen molar-refractivity contribution in [2.75, 3.05) is 0 Å². The second-order valence-electron chi connectivity index (χ2n) is 7.32. The lowest BCUT2D eigenvalue weighted by Crippen LogP contribution is -2.42. The van der Waals surface area contributed by atoms with Gasteiger partial charge in [-0.05, 0) is 56.3 Å². The molecule has 106 valence electrons. The third-order valence-corrected chi connectivity index (χ3v) is 6.27. The molecule has 0 saturated heterocycles. The van der Waals surface area contributed by atoms with Gasteiger partial charge < -0.3 is 4.74 Å². The standard InChI is InChI=1S/C17H26O2/c1-4-12(2)8-16(3)10-17(19-11-18)9-15(16)13-6-5-7-14(13)17/h8,11,13-15H,4-7,9-10H2,1-3H3/b12-8-. The summed E-state index contributed by atoms with van der Waals surface area (Å²) < 4.78 is 5.70. The van der Waals surface area contributed by atoms with E-state index in [1.165, 1.54) is 24.8 Å². The van der Waals surface area contributed by atoms with Crippen LogP contribution in [0, 0.1) is 23.2 Å². The summed E-state index contributed by atoms with van der Waals surface area (Å²) >= 11 is 0. The fourth-order valence-electron chi connectivity index (χ4n) is 5.60. The molecule has 3 rings (SSSR count).